The van der Waals surface area contributed by atoms with E-state index in [0.29, 0.717) is 11.3 Å². The highest BCUT2D eigenvalue weighted by atomic mass is 16.3. The third-order valence-corrected chi connectivity index (χ3v) is 2.84. The van der Waals surface area contributed by atoms with Crippen LogP contribution in [0, 0.1) is 0 Å². The molecule has 0 amide bonds. The molecule has 0 atom stereocenters. The van der Waals surface area contributed by atoms with Crippen LogP contribution in [-0.2, 0) is 0 Å². The number of hydrogen-bond acceptors (Lipinski definition) is 5. The van der Waals surface area contributed by atoms with Gasteiger partial charge in [-0.3, -0.25) is 4.79 Å². The van der Waals surface area contributed by atoms with Crippen molar-refractivity contribution in [2.24, 2.45) is 10.2 Å². The summed E-state index contributed by atoms with van der Waals surface area (Å²) in [6.07, 6.45) is 1.52. The molecule has 2 rings (SSSR count). The van der Waals surface area contributed by atoms with Gasteiger partial charge < -0.3 is 10.4 Å². The summed E-state index contributed by atoms with van der Waals surface area (Å²) in [5.41, 5.74) is 3.05. The van der Waals surface area contributed by atoms with E-state index < -0.39 is 0 Å². The van der Waals surface area contributed by atoms with Crippen LogP contribution in [0.2, 0.25) is 0 Å². The number of anilines is 1. The van der Waals surface area contributed by atoms with Crippen LogP contribution >= 0.6 is 0 Å². The average molecular weight is 283 g/mol. The van der Waals surface area contributed by atoms with Crippen molar-refractivity contribution in [3.05, 3.63) is 54.1 Å². The fourth-order valence-electron chi connectivity index (χ4n) is 1.69. The molecule has 0 bridgehead atoms. The van der Waals surface area contributed by atoms with Gasteiger partial charge in [0.2, 0.25) is 0 Å². The van der Waals surface area contributed by atoms with E-state index in [1.54, 1.807) is 24.3 Å². The minimum Gasteiger partial charge on any atom is -0.396 e. The number of carbonyl (C=O) groups excluding carboxylic acids is 1. The van der Waals surface area contributed by atoms with Gasteiger partial charge in [0, 0.05) is 24.4 Å². The van der Waals surface area contributed by atoms with Gasteiger partial charge >= 0.3 is 0 Å². The number of nitrogens with one attached hydrogen (secondary N) is 1. The molecule has 0 heterocycles. The summed E-state index contributed by atoms with van der Waals surface area (Å²) >= 11 is 0. The van der Waals surface area contributed by atoms with E-state index in [2.05, 4.69) is 15.5 Å². The third kappa shape index (κ3) is 4.81. The second-order valence-corrected chi connectivity index (χ2v) is 4.46. The molecule has 0 saturated carbocycles. The molecule has 0 aromatic heterocycles. The third-order valence-electron chi connectivity index (χ3n) is 2.84. The van der Waals surface area contributed by atoms with E-state index in [0.717, 1.165) is 30.6 Å². The maximum atomic E-state index is 10.5. The molecule has 0 fully saturated rings. The van der Waals surface area contributed by atoms with Gasteiger partial charge in [0.25, 0.3) is 0 Å². The van der Waals surface area contributed by atoms with Crippen molar-refractivity contribution < 1.29 is 9.90 Å². The molecule has 0 aliphatic carbocycles. The number of azo groups is 1. The van der Waals surface area contributed by atoms with Crippen molar-refractivity contribution in [3.63, 3.8) is 0 Å². The summed E-state index contributed by atoms with van der Waals surface area (Å²) in [6.45, 7) is 0.919. The molecule has 5 heteroatoms. The number of aliphatic hydroxyl groups is 1. The molecule has 2 aromatic rings. The zero-order valence-corrected chi connectivity index (χ0v) is 11.6. The van der Waals surface area contributed by atoms with Crippen molar-refractivity contribution in [1.82, 2.24) is 0 Å². The summed E-state index contributed by atoms with van der Waals surface area (Å²) in [7, 11) is 0. The Kier molecular flexibility index (Phi) is 5.60. The predicted octanol–water partition coefficient (Wildman–Crippen LogP) is 3.71. The van der Waals surface area contributed by atoms with E-state index in [1.807, 2.05) is 24.3 Å². The van der Waals surface area contributed by atoms with Crippen LogP contribution in [0.3, 0.4) is 0 Å². The summed E-state index contributed by atoms with van der Waals surface area (Å²) in [6, 6.07) is 14.5. The van der Waals surface area contributed by atoms with Crippen molar-refractivity contribution in [2.75, 3.05) is 18.5 Å². The Morgan fingerprint density at radius 1 is 0.952 bits per heavy atom. The lowest BCUT2D eigenvalue weighted by molar-refractivity contribution is 0.112. The highest BCUT2D eigenvalue weighted by Gasteiger charge is 1.94. The molecule has 0 unspecified atom stereocenters. The SMILES string of the molecule is O=Cc1ccc(N=Nc2ccc(NCCCO)cc2)cc1. The number of carbonyl (C=O) groups is 1. The van der Waals surface area contributed by atoms with Crippen LogP contribution in [0.25, 0.3) is 0 Å². The molecule has 0 aliphatic rings. The molecule has 2 N–H and O–H groups in total. The van der Waals surface area contributed by atoms with E-state index in [4.69, 9.17) is 5.11 Å². The number of rotatable bonds is 7. The Bertz CT molecular complexity index is 592. The lowest BCUT2D eigenvalue weighted by Crippen LogP contribution is -2.02. The molecular formula is C16H17N3O2. The van der Waals surface area contributed by atoms with Crippen molar-refractivity contribution >= 4 is 23.3 Å². The maximum Gasteiger partial charge on any atom is 0.150 e. The molecular weight excluding hydrogens is 266 g/mol. The molecule has 0 radical (unpaired) electrons. The normalized spacial score (nSPS) is 10.7. The minimum absolute atomic E-state index is 0.183. The number of aldehydes is 1. The zero-order chi connectivity index (χ0) is 14.9. The first-order valence-corrected chi connectivity index (χ1v) is 6.73. The molecule has 0 aliphatic heterocycles. The number of benzene rings is 2. The van der Waals surface area contributed by atoms with Crippen molar-refractivity contribution in [3.8, 4) is 0 Å². The van der Waals surface area contributed by atoms with Gasteiger partial charge in [-0.25, -0.2) is 0 Å². The first-order chi connectivity index (χ1) is 10.3. The zero-order valence-electron chi connectivity index (χ0n) is 11.6. The van der Waals surface area contributed by atoms with E-state index in [-0.39, 0.29) is 6.61 Å². The molecule has 108 valence electrons. The van der Waals surface area contributed by atoms with Gasteiger partial charge in [0.15, 0.2) is 0 Å². The van der Waals surface area contributed by atoms with Crippen molar-refractivity contribution in [1.29, 1.82) is 0 Å². The fraction of sp³-hybridized carbons (Fsp3) is 0.188. The number of hydrogen-bond donors (Lipinski definition) is 2. The second kappa shape index (κ2) is 7.91. The van der Waals surface area contributed by atoms with Crippen LogP contribution in [0.1, 0.15) is 16.8 Å². The largest absolute Gasteiger partial charge is 0.396 e. The average Bonchev–Trinajstić information content (AvgIpc) is 2.55. The standard InChI is InChI=1S/C16H17N3O2/c20-11-1-10-17-14-6-8-16(9-7-14)19-18-15-4-2-13(12-21)3-5-15/h2-9,12,17,20H,1,10-11H2. The molecule has 0 saturated heterocycles. The predicted molar refractivity (Wildman–Crippen MR) is 82.6 cm³/mol. The lowest BCUT2D eigenvalue weighted by atomic mass is 10.2. The molecule has 21 heavy (non-hydrogen) atoms. The summed E-state index contributed by atoms with van der Waals surface area (Å²) in [4.78, 5) is 10.5. The van der Waals surface area contributed by atoms with Gasteiger partial charge in [0.1, 0.15) is 6.29 Å². The number of nitrogens with zero attached hydrogens (tertiary/aromatic N) is 2. The Morgan fingerprint density at radius 2 is 1.52 bits per heavy atom. The first-order valence-electron chi connectivity index (χ1n) is 6.73. The summed E-state index contributed by atoms with van der Waals surface area (Å²) < 4.78 is 0. The summed E-state index contributed by atoms with van der Waals surface area (Å²) in [5.74, 6) is 0. The van der Waals surface area contributed by atoms with Gasteiger partial charge in [-0.15, -0.1) is 0 Å². The Balaban J connectivity index is 1.95. The monoisotopic (exact) mass is 283 g/mol. The quantitative estimate of drug-likeness (QED) is 0.462. The van der Waals surface area contributed by atoms with E-state index in [9.17, 15) is 4.79 Å². The Labute approximate surface area is 123 Å². The van der Waals surface area contributed by atoms with Gasteiger partial charge in [0.05, 0.1) is 11.4 Å². The number of aliphatic hydroxyl groups excluding tert-OH is 1. The highest BCUT2D eigenvalue weighted by molar-refractivity contribution is 5.75. The van der Waals surface area contributed by atoms with E-state index in [1.165, 1.54) is 0 Å². The van der Waals surface area contributed by atoms with Crippen LogP contribution < -0.4 is 5.32 Å². The maximum absolute atomic E-state index is 10.5. The van der Waals surface area contributed by atoms with Crippen LogP contribution in [0.5, 0.6) is 0 Å². The summed E-state index contributed by atoms with van der Waals surface area (Å²) in [5, 5.41) is 20.2. The minimum atomic E-state index is 0.183. The lowest BCUT2D eigenvalue weighted by Gasteiger charge is -2.04. The van der Waals surface area contributed by atoms with Gasteiger partial charge in [-0.05, 0) is 55.0 Å². The van der Waals surface area contributed by atoms with Crippen molar-refractivity contribution in [2.45, 2.75) is 6.42 Å². The first kappa shape index (κ1) is 14.9. The van der Waals surface area contributed by atoms with Crippen LogP contribution in [-0.4, -0.2) is 24.5 Å². The topological polar surface area (TPSA) is 74.0 Å². The van der Waals surface area contributed by atoms with Crippen LogP contribution in [0.15, 0.2) is 58.8 Å². The van der Waals surface area contributed by atoms with E-state index >= 15 is 0 Å². The smallest absolute Gasteiger partial charge is 0.150 e. The molecule has 2 aromatic carbocycles. The van der Waals surface area contributed by atoms with Crippen LogP contribution in [0.4, 0.5) is 17.1 Å². The second-order valence-electron chi connectivity index (χ2n) is 4.46. The van der Waals surface area contributed by atoms with Gasteiger partial charge in [-0.1, -0.05) is 0 Å². The molecule has 5 nitrogen and oxygen atoms in total. The fourth-order valence-corrected chi connectivity index (χ4v) is 1.69. The Hall–Kier alpha value is -2.53. The molecule has 0 spiro atoms. The van der Waals surface area contributed by atoms with Gasteiger partial charge in [-0.2, -0.15) is 10.2 Å². The Morgan fingerprint density at radius 3 is 2.05 bits per heavy atom. The highest BCUT2D eigenvalue weighted by Crippen LogP contribution is 2.20.